The van der Waals surface area contributed by atoms with Crippen molar-refractivity contribution in [2.45, 2.75) is 25.8 Å². The monoisotopic (exact) mass is 159 g/mol. The highest BCUT2D eigenvalue weighted by Crippen LogP contribution is 2.09. The minimum atomic E-state index is -0.311. The summed E-state index contributed by atoms with van der Waals surface area (Å²) in [5.74, 6) is 0.312. The smallest absolute Gasteiger partial charge is 0.135 e. The van der Waals surface area contributed by atoms with Crippen LogP contribution in [0.3, 0.4) is 0 Å². The Morgan fingerprint density at radius 2 is 2.09 bits per heavy atom. The van der Waals surface area contributed by atoms with Crippen molar-refractivity contribution >= 4 is 5.78 Å². The predicted molar refractivity (Wildman–Crippen MR) is 41.3 cm³/mol. The van der Waals surface area contributed by atoms with E-state index in [0.717, 1.165) is 13.1 Å². The van der Waals surface area contributed by atoms with Crippen LogP contribution >= 0.6 is 0 Å². The second-order valence-corrected chi connectivity index (χ2v) is 3.08. The number of piperidine rings is 1. The maximum Gasteiger partial charge on any atom is 0.135 e. The summed E-state index contributed by atoms with van der Waals surface area (Å²) in [5.41, 5.74) is 0. The molecule has 1 aliphatic heterocycles. The van der Waals surface area contributed by atoms with Crippen LogP contribution in [0.5, 0.6) is 0 Å². The zero-order valence-corrected chi connectivity index (χ0v) is 6.85. The Kier molecular flexibility index (Phi) is 3.00. The molecule has 0 aliphatic carbocycles. The average Bonchev–Trinajstić information content (AvgIpc) is 2.05. The van der Waals surface area contributed by atoms with Crippen LogP contribution in [0.4, 0.5) is 4.39 Å². The summed E-state index contributed by atoms with van der Waals surface area (Å²) in [6, 6.07) is -0.0110. The van der Waals surface area contributed by atoms with E-state index in [-0.39, 0.29) is 12.7 Å². The largest absolute Gasteiger partial charge is 0.300 e. The number of carbonyl (C=O) groups excluding carboxylic acids is 1. The second-order valence-electron chi connectivity index (χ2n) is 3.08. The van der Waals surface area contributed by atoms with Gasteiger partial charge >= 0.3 is 0 Å². The van der Waals surface area contributed by atoms with Crippen LogP contribution in [0.15, 0.2) is 0 Å². The molecule has 11 heavy (non-hydrogen) atoms. The van der Waals surface area contributed by atoms with E-state index < -0.39 is 0 Å². The van der Waals surface area contributed by atoms with Gasteiger partial charge in [0, 0.05) is 32.0 Å². The molecule has 64 valence electrons. The molecule has 1 rings (SSSR count). The van der Waals surface area contributed by atoms with Crippen LogP contribution < -0.4 is 0 Å². The molecule has 0 radical (unpaired) electrons. The van der Waals surface area contributed by atoms with Gasteiger partial charge in [-0.1, -0.05) is 0 Å². The van der Waals surface area contributed by atoms with Gasteiger partial charge in [0.25, 0.3) is 0 Å². The van der Waals surface area contributed by atoms with Crippen molar-refractivity contribution in [2.24, 2.45) is 0 Å². The summed E-state index contributed by atoms with van der Waals surface area (Å²) < 4.78 is 12.1. The lowest BCUT2D eigenvalue weighted by atomic mass is 10.1. The maximum absolute atomic E-state index is 12.1. The molecule has 0 spiro atoms. The van der Waals surface area contributed by atoms with Crippen LogP contribution in [-0.2, 0) is 4.79 Å². The molecule has 0 aromatic rings. The van der Waals surface area contributed by atoms with Gasteiger partial charge in [-0.3, -0.25) is 9.69 Å². The third kappa shape index (κ3) is 2.26. The van der Waals surface area contributed by atoms with E-state index in [2.05, 4.69) is 0 Å². The minimum absolute atomic E-state index is 0.0110. The average molecular weight is 159 g/mol. The number of likely N-dealkylation sites (tertiary alicyclic amines) is 1. The molecule has 1 aliphatic rings. The zero-order valence-electron chi connectivity index (χ0n) is 6.85. The number of hydrogen-bond donors (Lipinski definition) is 0. The summed E-state index contributed by atoms with van der Waals surface area (Å²) in [6.45, 7) is 3.03. The Balaban J connectivity index is 2.32. The van der Waals surface area contributed by atoms with Crippen LogP contribution in [0.1, 0.15) is 19.8 Å². The van der Waals surface area contributed by atoms with Gasteiger partial charge in [-0.25, -0.2) is 4.39 Å². The van der Waals surface area contributed by atoms with Gasteiger partial charge in [-0.15, -0.1) is 0 Å². The van der Waals surface area contributed by atoms with E-state index in [1.165, 1.54) is 0 Å². The molecule has 1 saturated heterocycles. The van der Waals surface area contributed by atoms with Crippen molar-refractivity contribution in [3.63, 3.8) is 0 Å². The fraction of sp³-hybridized carbons (Fsp3) is 0.875. The zero-order chi connectivity index (χ0) is 8.27. The van der Waals surface area contributed by atoms with E-state index >= 15 is 0 Å². The molecular formula is C8H14FNO. The standard InChI is InChI=1S/C8H14FNO/c1-7(6-9)10-4-2-8(11)3-5-10/h7H,2-6H2,1H3. The first kappa shape index (κ1) is 8.65. The van der Waals surface area contributed by atoms with E-state index in [0.29, 0.717) is 18.6 Å². The van der Waals surface area contributed by atoms with Crippen molar-refractivity contribution < 1.29 is 9.18 Å². The summed E-state index contributed by atoms with van der Waals surface area (Å²) in [5, 5.41) is 0. The molecule has 1 atom stereocenters. The van der Waals surface area contributed by atoms with E-state index in [1.807, 2.05) is 11.8 Å². The highest BCUT2D eigenvalue weighted by atomic mass is 19.1. The Morgan fingerprint density at radius 1 is 1.55 bits per heavy atom. The first-order valence-corrected chi connectivity index (χ1v) is 4.05. The number of ketones is 1. The summed E-state index contributed by atoms with van der Waals surface area (Å²) in [7, 11) is 0. The first-order chi connectivity index (χ1) is 5.24. The number of halogens is 1. The highest BCUT2D eigenvalue weighted by molar-refractivity contribution is 5.79. The third-order valence-corrected chi connectivity index (χ3v) is 2.20. The predicted octanol–water partition coefficient (Wildman–Crippen LogP) is 1.01. The van der Waals surface area contributed by atoms with Crippen molar-refractivity contribution in [3.05, 3.63) is 0 Å². The van der Waals surface area contributed by atoms with E-state index in [9.17, 15) is 9.18 Å². The maximum atomic E-state index is 12.1. The lowest BCUT2D eigenvalue weighted by Crippen LogP contribution is -2.41. The van der Waals surface area contributed by atoms with Gasteiger partial charge in [0.2, 0.25) is 0 Å². The number of Topliss-reactive ketones (excluding diaryl/α,β-unsaturated/α-hetero) is 1. The Morgan fingerprint density at radius 3 is 2.55 bits per heavy atom. The van der Waals surface area contributed by atoms with Gasteiger partial charge in [0.05, 0.1) is 0 Å². The summed E-state index contributed by atoms with van der Waals surface area (Å²) >= 11 is 0. The van der Waals surface area contributed by atoms with Crippen molar-refractivity contribution in [1.82, 2.24) is 4.90 Å². The Hall–Kier alpha value is -0.440. The molecule has 3 heteroatoms. The molecule has 1 heterocycles. The molecule has 0 N–H and O–H groups in total. The van der Waals surface area contributed by atoms with Gasteiger partial charge in [-0.05, 0) is 6.92 Å². The number of hydrogen-bond acceptors (Lipinski definition) is 2. The summed E-state index contributed by atoms with van der Waals surface area (Å²) in [6.07, 6.45) is 1.20. The minimum Gasteiger partial charge on any atom is -0.300 e. The quantitative estimate of drug-likeness (QED) is 0.599. The van der Waals surface area contributed by atoms with Crippen LogP contribution in [-0.4, -0.2) is 36.5 Å². The lowest BCUT2D eigenvalue weighted by Gasteiger charge is -2.29. The number of alkyl halides is 1. The SMILES string of the molecule is CC(CF)N1CCC(=O)CC1. The molecule has 0 aromatic heterocycles. The number of rotatable bonds is 2. The molecule has 0 amide bonds. The molecule has 0 aromatic carbocycles. The molecule has 1 fully saturated rings. The second kappa shape index (κ2) is 3.81. The number of nitrogens with zero attached hydrogens (tertiary/aromatic N) is 1. The third-order valence-electron chi connectivity index (χ3n) is 2.20. The Bertz CT molecular complexity index is 139. The van der Waals surface area contributed by atoms with E-state index in [1.54, 1.807) is 0 Å². The Labute approximate surface area is 66.4 Å². The van der Waals surface area contributed by atoms with Crippen molar-refractivity contribution in [1.29, 1.82) is 0 Å². The van der Waals surface area contributed by atoms with Crippen LogP contribution in [0.25, 0.3) is 0 Å². The number of carbonyl (C=O) groups is 1. The van der Waals surface area contributed by atoms with Crippen LogP contribution in [0, 0.1) is 0 Å². The fourth-order valence-corrected chi connectivity index (χ4v) is 1.31. The fourth-order valence-electron chi connectivity index (χ4n) is 1.31. The first-order valence-electron chi connectivity index (χ1n) is 4.05. The van der Waals surface area contributed by atoms with Crippen molar-refractivity contribution in [2.75, 3.05) is 19.8 Å². The lowest BCUT2D eigenvalue weighted by molar-refractivity contribution is -0.121. The topological polar surface area (TPSA) is 20.3 Å². The highest BCUT2D eigenvalue weighted by Gasteiger charge is 2.19. The van der Waals surface area contributed by atoms with Gasteiger partial charge < -0.3 is 0 Å². The molecule has 0 bridgehead atoms. The summed E-state index contributed by atoms with van der Waals surface area (Å²) in [4.78, 5) is 12.8. The molecule has 0 saturated carbocycles. The van der Waals surface area contributed by atoms with Gasteiger partial charge in [0.1, 0.15) is 12.5 Å². The molecular weight excluding hydrogens is 145 g/mol. The van der Waals surface area contributed by atoms with Gasteiger partial charge in [-0.2, -0.15) is 0 Å². The normalized spacial score (nSPS) is 23.6. The molecule has 2 nitrogen and oxygen atoms in total. The van der Waals surface area contributed by atoms with E-state index in [4.69, 9.17) is 0 Å². The van der Waals surface area contributed by atoms with Crippen LogP contribution in [0.2, 0.25) is 0 Å². The van der Waals surface area contributed by atoms with Crippen molar-refractivity contribution in [3.8, 4) is 0 Å². The van der Waals surface area contributed by atoms with Gasteiger partial charge in [0.15, 0.2) is 0 Å². The molecule has 1 unspecified atom stereocenters.